The molecule has 202 valence electrons. The van der Waals surface area contributed by atoms with Crippen molar-refractivity contribution in [2.24, 2.45) is 11.8 Å². The standard InChI is InChI=1S/C29H34N2O5S2/c1-22-14-16-26(17-15-22)38(34,35)36-31(37(3,32)33)25-13-7-12-24(19-25)29(2)27-20-30(21-28(27)29)18-8-11-23-9-5-4-6-10-23/h4-7,9-10,12-17,19,27-28H,8,11,18,20-21H2,1-3H3. The monoisotopic (exact) mass is 554 g/mol. The molecule has 0 radical (unpaired) electrons. The molecule has 1 heterocycles. The molecule has 0 N–H and O–H groups in total. The van der Waals surface area contributed by atoms with E-state index in [4.69, 9.17) is 4.28 Å². The van der Waals surface area contributed by atoms with E-state index in [0.29, 0.717) is 16.3 Å². The number of fused-ring (bicyclic) bond motifs is 1. The van der Waals surface area contributed by atoms with Crippen LogP contribution in [0, 0.1) is 18.8 Å². The molecule has 0 aromatic heterocycles. The molecule has 2 unspecified atom stereocenters. The molecule has 0 bridgehead atoms. The van der Waals surface area contributed by atoms with Gasteiger partial charge in [-0.25, -0.2) is 8.42 Å². The second-order valence-corrected chi connectivity index (χ2v) is 14.1. The van der Waals surface area contributed by atoms with Crippen molar-refractivity contribution in [1.29, 1.82) is 0 Å². The second-order valence-electron chi connectivity index (χ2n) is 10.7. The molecule has 1 aliphatic carbocycles. The summed E-state index contributed by atoms with van der Waals surface area (Å²) in [6.07, 6.45) is 3.12. The predicted molar refractivity (Wildman–Crippen MR) is 149 cm³/mol. The maximum atomic E-state index is 12.9. The Morgan fingerprint density at radius 2 is 1.58 bits per heavy atom. The fourth-order valence-electron chi connectivity index (χ4n) is 5.81. The molecule has 5 rings (SSSR count). The SMILES string of the molecule is Cc1ccc(S(=O)(=O)ON(c2cccc(C3(C)C4CN(CCCc5ccccc5)CC43)c2)S(C)(=O)=O)cc1. The molecule has 3 aromatic rings. The van der Waals surface area contributed by atoms with Gasteiger partial charge in [-0.15, -0.1) is 8.75 Å². The highest BCUT2D eigenvalue weighted by Gasteiger charge is 2.65. The highest BCUT2D eigenvalue weighted by molar-refractivity contribution is 7.93. The van der Waals surface area contributed by atoms with E-state index in [9.17, 15) is 16.8 Å². The first-order valence-corrected chi connectivity index (χ1v) is 16.1. The molecule has 0 amide bonds. The minimum Gasteiger partial charge on any atom is -0.303 e. The number of nitrogens with zero attached hydrogens (tertiary/aromatic N) is 2. The molecule has 7 nitrogen and oxygen atoms in total. The van der Waals surface area contributed by atoms with Crippen LogP contribution in [0.3, 0.4) is 0 Å². The third-order valence-electron chi connectivity index (χ3n) is 8.07. The molecule has 9 heteroatoms. The van der Waals surface area contributed by atoms with Gasteiger partial charge >= 0.3 is 10.1 Å². The number of rotatable bonds is 10. The summed E-state index contributed by atoms with van der Waals surface area (Å²) < 4.78 is 56.8. The summed E-state index contributed by atoms with van der Waals surface area (Å²) in [6.45, 7) is 7.13. The summed E-state index contributed by atoms with van der Waals surface area (Å²) in [5.74, 6) is 0.969. The zero-order valence-electron chi connectivity index (χ0n) is 21.9. The summed E-state index contributed by atoms with van der Waals surface area (Å²) in [4.78, 5) is 2.41. The van der Waals surface area contributed by atoms with E-state index in [2.05, 4.69) is 36.1 Å². The van der Waals surface area contributed by atoms with Gasteiger partial charge in [-0.1, -0.05) is 67.1 Å². The Bertz CT molecular complexity index is 1490. The molecule has 1 saturated heterocycles. The lowest BCUT2D eigenvalue weighted by molar-refractivity contribution is 0.274. The average molecular weight is 555 g/mol. The van der Waals surface area contributed by atoms with Crippen molar-refractivity contribution in [3.05, 3.63) is 95.6 Å². The Kier molecular flexibility index (Phi) is 7.15. The second kappa shape index (κ2) is 10.1. The molecule has 2 atom stereocenters. The van der Waals surface area contributed by atoms with E-state index < -0.39 is 20.1 Å². The molecule has 3 aromatic carbocycles. The molecule has 1 saturated carbocycles. The van der Waals surface area contributed by atoms with E-state index in [-0.39, 0.29) is 16.0 Å². The van der Waals surface area contributed by atoms with Crippen LogP contribution in [0.2, 0.25) is 0 Å². The number of benzene rings is 3. The maximum absolute atomic E-state index is 12.9. The maximum Gasteiger partial charge on any atom is 0.318 e. The predicted octanol–water partition coefficient (Wildman–Crippen LogP) is 4.53. The molecule has 2 aliphatic rings. The van der Waals surface area contributed by atoms with E-state index in [1.54, 1.807) is 30.3 Å². The quantitative estimate of drug-likeness (QED) is 0.343. The first kappa shape index (κ1) is 26.9. The molecule has 38 heavy (non-hydrogen) atoms. The van der Waals surface area contributed by atoms with E-state index in [1.165, 1.54) is 17.7 Å². The molecule has 0 spiro atoms. The van der Waals surface area contributed by atoms with E-state index in [1.807, 2.05) is 19.1 Å². The number of anilines is 1. The van der Waals surface area contributed by atoms with Gasteiger partial charge in [0.1, 0.15) is 0 Å². The van der Waals surface area contributed by atoms with Gasteiger partial charge in [-0.2, -0.15) is 8.42 Å². The zero-order chi connectivity index (χ0) is 27.1. The lowest BCUT2D eigenvalue weighted by Crippen LogP contribution is -2.33. The van der Waals surface area contributed by atoms with Crippen molar-refractivity contribution >= 4 is 25.8 Å². The lowest BCUT2D eigenvalue weighted by Gasteiger charge is -2.26. The number of sulfonamides is 1. The Morgan fingerprint density at radius 3 is 2.21 bits per heavy atom. The first-order valence-electron chi connectivity index (χ1n) is 12.9. The minimum absolute atomic E-state index is 0.0784. The van der Waals surface area contributed by atoms with E-state index in [0.717, 1.165) is 49.9 Å². The number of piperidine rings is 1. The van der Waals surface area contributed by atoms with Crippen molar-refractivity contribution < 1.29 is 21.1 Å². The highest BCUT2D eigenvalue weighted by atomic mass is 32.2. The molecular weight excluding hydrogens is 520 g/mol. The number of hydrogen-bond donors (Lipinski definition) is 0. The number of hydrogen-bond acceptors (Lipinski definition) is 6. The van der Waals surface area contributed by atoms with Crippen molar-refractivity contribution in [1.82, 2.24) is 4.90 Å². The number of likely N-dealkylation sites (tertiary alicyclic amines) is 1. The van der Waals surface area contributed by atoms with Gasteiger partial charge in [0.15, 0.2) is 0 Å². The normalized spacial score (nSPS) is 23.2. The van der Waals surface area contributed by atoms with Gasteiger partial charge in [0, 0.05) is 18.5 Å². The van der Waals surface area contributed by atoms with Crippen molar-refractivity contribution in [3.8, 4) is 0 Å². The Balaban J connectivity index is 1.28. The fraction of sp³-hybridized carbons (Fsp3) is 0.379. The summed E-state index contributed by atoms with van der Waals surface area (Å²) in [7, 11) is -8.40. The lowest BCUT2D eigenvalue weighted by atomic mass is 9.92. The topological polar surface area (TPSA) is 84.0 Å². The van der Waals surface area contributed by atoms with Gasteiger partial charge in [0.2, 0.25) is 0 Å². The van der Waals surface area contributed by atoms with Crippen LogP contribution in [-0.4, -0.2) is 47.6 Å². The third kappa shape index (κ3) is 5.38. The van der Waals surface area contributed by atoms with Crippen molar-refractivity contribution in [3.63, 3.8) is 0 Å². The molecule has 1 aliphatic heterocycles. The summed E-state index contributed by atoms with van der Waals surface area (Å²) in [6, 6.07) is 23.7. The van der Waals surface area contributed by atoms with Crippen molar-refractivity contribution in [2.75, 3.05) is 30.4 Å². The van der Waals surface area contributed by atoms with Crippen LogP contribution in [-0.2, 0) is 36.3 Å². The van der Waals surface area contributed by atoms with Crippen molar-refractivity contribution in [2.45, 2.75) is 37.0 Å². The first-order chi connectivity index (χ1) is 18.0. The smallest absolute Gasteiger partial charge is 0.303 e. The summed E-state index contributed by atoms with van der Waals surface area (Å²) in [5, 5.41) is 0. The zero-order valence-corrected chi connectivity index (χ0v) is 23.6. The van der Waals surface area contributed by atoms with Crippen LogP contribution in [0.25, 0.3) is 0 Å². The molecular formula is C29H34N2O5S2. The number of aryl methyl sites for hydroxylation is 2. The highest BCUT2D eigenvalue weighted by Crippen LogP contribution is 2.63. The summed E-state index contributed by atoms with van der Waals surface area (Å²) >= 11 is 0. The largest absolute Gasteiger partial charge is 0.318 e. The Labute approximate surface area is 226 Å². The van der Waals surface area contributed by atoms with Gasteiger partial charge in [-0.05, 0) is 73.5 Å². The van der Waals surface area contributed by atoms with Crippen LogP contribution >= 0.6 is 0 Å². The van der Waals surface area contributed by atoms with Crippen LogP contribution < -0.4 is 4.47 Å². The van der Waals surface area contributed by atoms with Gasteiger partial charge in [0.05, 0.1) is 16.8 Å². The van der Waals surface area contributed by atoms with Crippen LogP contribution in [0.15, 0.2) is 83.8 Å². The Morgan fingerprint density at radius 1 is 0.921 bits per heavy atom. The van der Waals surface area contributed by atoms with Gasteiger partial charge in [-0.3, -0.25) is 0 Å². The minimum atomic E-state index is -4.35. The molecule has 2 fully saturated rings. The fourth-order valence-corrected chi connectivity index (χ4v) is 7.81. The summed E-state index contributed by atoms with van der Waals surface area (Å²) in [5.41, 5.74) is 3.34. The third-order valence-corrected chi connectivity index (χ3v) is 10.2. The van der Waals surface area contributed by atoms with Gasteiger partial charge in [0.25, 0.3) is 10.0 Å². The van der Waals surface area contributed by atoms with E-state index >= 15 is 0 Å². The Hall–Kier alpha value is -2.72. The van der Waals surface area contributed by atoms with Crippen LogP contribution in [0.1, 0.15) is 30.0 Å². The van der Waals surface area contributed by atoms with Gasteiger partial charge < -0.3 is 4.90 Å². The van der Waals surface area contributed by atoms with Crippen LogP contribution in [0.5, 0.6) is 0 Å². The van der Waals surface area contributed by atoms with Crippen LogP contribution in [0.4, 0.5) is 5.69 Å². The average Bonchev–Trinajstić information content (AvgIpc) is 3.21.